The van der Waals surface area contributed by atoms with E-state index in [1.807, 2.05) is 31.0 Å². The number of nitriles is 1. The topological polar surface area (TPSA) is 67.5 Å². The Kier molecular flexibility index (Phi) is 2.52. The lowest BCUT2D eigenvalue weighted by molar-refractivity contribution is -0.270. The lowest BCUT2D eigenvalue weighted by Gasteiger charge is -2.57. The van der Waals surface area contributed by atoms with E-state index in [0.717, 1.165) is 17.7 Å². The smallest absolute Gasteiger partial charge is 0.188 e. The van der Waals surface area contributed by atoms with Crippen molar-refractivity contribution in [2.45, 2.75) is 37.0 Å². The van der Waals surface area contributed by atoms with E-state index in [2.05, 4.69) is 6.07 Å². The van der Waals surface area contributed by atoms with Crippen molar-refractivity contribution in [3.05, 3.63) is 34.9 Å². The molecule has 1 heterocycles. The number of likely N-dealkylation sites (N-methyl/N-ethyl adjacent to an activating group) is 1. The number of aliphatic hydroxyl groups is 2. The Labute approximate surface area is 112 Å². The molecule has 1 aliphatic heterocycles. The molecular weight excluding hydrogens is 240 g/mol. The van der Waals surface area contributed by atoms with Crippen LogP contribution in [0.1, 0.15) is 30.0 Å². The van der Waals surface area contributed by atoms with Crippen LogP contribution in [0.4, 0.5) is 0 Å². The van der Waals surface area contributed by atoms with Gasteiger partial charge in [-0.25, -0.2) is 0 Å². The summed E-state index contributed by atoms with van der Waals surface area (Å²) in [5, 5.41) is 30.3. The molecule has 100 valence electrons. The van der Waals surface area contributed by atoms with Crippen molar-refractivity contribution in [1.29, 1.82) is 5.26 Å². The minimum absolute atomic E-state index is 0.285. The first kappa shape index (κ1) is 12.6. The average molecular weight is 258 g/mol. The fraction of sp³-hybridized carbons (Fsp3) is 0.533. The quantitative estimate of drug-likeness (QED) is 0.674. The summed E-state index contributed by atoms with van der Waals surface area (Å²) in [5.74, 6) is -1.75. The van der Waals surface area contributed by atoms with Crippen LogP contribution in [0.5, 0.6) is 0 Å². The molecule has 2 atom stereocenters. The Bertz CT molecular complexity index is 576. The van der Waals surface area contributed by atoms with Gasteiger partial charge in [0.15, 0.2) is 5.79 Å². The highest BCUT2D eigenvalue weighted by molar-refractivity contribution is 5.47. The molecule has 4 heteroatoms. The molecule has 1 fully saturated rings. The largest absolute Gasteiger partial charge is 0.364 e. The van der Waals surface area contributed by atoms with Gasteiger partial charge in [-0.05, 0) is 49.7 Å². The van der Waals surface area contributed by atoms with E-state index >= 15 is 0 Å². The normalized spacial score (nSPS) is 32.5. The Morgan fingerprint density at radius 1 is 1.42 bits per heavy atom. The van der Waals surface area contributed by atoms with Gasteiger partial charge in [-0.2, -0.15) is 5.26 Å². The minimum Gasteiger partial charge on any atom is -0.364 e. The summed E-state index contributed by atoms with van der Waals surface area (Å²) in [5.41, 5.74) is 1.91. The first-order chi connectivity index (χ1) is 8.90. The molecule has 2 aliphatic rings. The van der Waals surface area contributed by atoms with Gasteiger partial charge < -0.3 is 10.2 Å². The maximum atomic E-state index is 10.6. The van der Waals surface area contributed by atoms with E-state index in [0.29, 0.717) is 18.4 Å². The molecule has 0 unspecified atom stereocenters. The van der Waals surface area contributed by atoms with Crippen molar-refractivity contribution in [1.82, 2.24) is 4.90 Å². The van der Waals surface area contributed by atoms with Crippen LogP contribution < -0.4 is 0 Å². The maximum Gasteiger partial charge on any atom is 0.188 e. The average Bonchev–Trinajstić information content (AvgIpc) is 2.38. The summed E-state index contributed by atoms with van der Waals surface area (Å²) in [6.07, 6.45) is 1.29. The highest BCUT2D eigenvalue weighted by atomic mass is 16.5. The Balaban J connectivity index is 2.22. The molecule has 0 radical (unpaired) electrons. The predicted octanol–water partition coefficient (Wildman–Crippen LogP) is 0.757. The van der Waals surface area contributed by atoms with Crippen LogP contribution in [0, 0.1) is 11.3 Å². The molecule has 2 N–H and O–H groups in total. The van der Waals surface area contributed by atoms with Gasteiger partial charge in [0.1, 0.15) is 0 Å². The third-order valence-electron chi connectivity index (χ3n) is 5.02. The second-order valence-corrected chi connectivity index (χ2v) is 5.99. The standard InChI is InChI=1S/C15H18N2O2/c1-14-5-6-17(2)13(15(14,18)19)8-11-4-3-10(9-16)7-12(11)14/h3-4,7,13,18-19H,5-6,8H2,1-2H3/t13-,14+/m1/s1. The molecule has 0 saturated carbocycles. The van der Waals surface area contributed by atoms with E-state index in [-0.39, 0.29) is 6.04 Å². The number of piperidine rings is 1. The third-order valence-corrected chi connectivity index (χ3v) is 5.02. The van der Waals surface area contributed by atoms with Gasteiger partial charge in [0.25, 0.3) is 0 Å². The van der Waals surface area contributed by atoms with Gasteiger partial charge in [-0.3, -0.25) is 4.90 Å². The number of benzene rings is 1. The zero-order valence-electron chi connectivity index (χ0n) is 11.2. The summed E-state index contributed by atoms with van der Waals surface area (Å²) in [4.78, 5) is 2.02. The number of fused-ring (bicyclic) bond motifs is 4. The summed E-state index contributed by atoms with van der Waals surface area (Å²) in [6, 6.07) is 7.42. The van der Waals surface area contributed by atoms with E-state index in [1.165, 1.54) is 0 Å². The number of hydrogen-bond acceptors (Lipinski definition) is 4. The zero-order chi connectivity index (χ0) is 13.8. The van der Waals surface area contributed by atoms with E-state index in [4.69, 9.17) is 5.26 Å². The minimum atomic E-state index is -1.75. The molecular formula is C15H18N2O2. The predicted molar refractivity (Wildman–Crippen MR) is 70.4 cm³/mol. The van der Waals surface area contributed by atoms with Gasteiger partial charge in [-0.15, -0.1) is 0 Å². The van der Waals surface area contributed by atoms with E-state index in [9.17, 15) is 10.2 Å². The monoisotopic (exact) mass is 258 g/mol. The molecule has 0 aromatic heterocycles. The van der Waals surface area contributed by atoms with E-state index in [1.54, 1.807) is 6.07 Å². The summed E-state index contributed by atoms with van der Waals surface area (Å²) in [7, 11) is 1.93. The van der Waals surface area contributed by atoms with Crippen LogP contribution in [0.15, 0.2) is 18.2 Å². The van der Waals surface area contributed by atoms with Crippen LogP contribution >= 0.6 is 0 Å². The van der Waals surface area contributed by atoms with E-state index < -0.39 is 11.2 Å². The maximum absolute atomic E-state index is 10.6. The fourth-order valence-electron chi connectivity index (χ4n) is 3.59. The Morgan fingerprint density at radius 3 is 2.84 bits per heavy atom. The van der Waals surface area contributed by atoms with Gasteiger partial charge in [-0.1, -0.05) is 13.0 Å². The molecule has 0 amide bonds. The molecule has 3 rings (SSSR count). The summed E-state index contributed by atoms with van der Waals surface area (Å²) in [6.45, 7) is 2.73. The zero-order valence-corrected chi connectivity index (χ0v) is 11.2. The van der Waals surface area contributed by atoms with Crippen molar-refractivity contribution < 1.29 is 10.2 Å². The van der Waals surface area contributed by atoms with Crippen molar-refractivity contribution >= 4 is 0 Å². The van der Waals surface area contributed by atoms with Crippen LogP contribution in [0.25, 0.3) is 0 Å². The molecule has 1 aromatic rings. The first-order valence-electron chi connectivity index (χ1n) is 6.58. The van der Waals surface area contributed by atoms with Gasteiger partial charge in [0.05, 0.1) is 17.7 Å². The molecule has 1 saturated heterocycles. The number of hydrogen-bond donors (Lipinski definition) is 2. The summed E-state index contributed by atoms with van der Waals surface area (Å²) >= 11 is 0. The highest BCUT2D eigenvalue weighted by Crippen LogP contribution is 2.49. The molecule has 1 aliphatic carbocycles. The van der Waals surface area contributed by atoms with Crippen molar-refractivity contribution in [2.75, 3.05) is 13.6 Å². The molecule has 4 nitrogen and oxygen atoms in total. The number of rotatable bonds is 0. The van der Waals surface area contributed by atoms with Crippen LogP contribution in [0.3, 0.4) is 0 Å². The number of likely N-dealkylation sites (tertiary alicyclic amines) is 1. The van der Waals surface area contributed by atoms with Gasteiger partial charge in [0, 0.05) is 5.41 Å². The van der Waals surface area contributed by atoms with Gasteiger partial charge >= 0.3 is 0 Å². The Morgan fingerprint density at radius 2 is 2.16 bits per heavy atom. The Hall–Kier alpha value is -1.41. The SMILES string of the molecule is CN1CC[C@@]2(C)c3cc(C#N)ccc3C[C@@H]1C2(O)O. The fourth-order valence-corrected chi connectivity index (χ4v) is 3.59. The highest BCUT2D eigenvalue weighted by Gasteiger charge is 2.59. The lowest BCUT2D eigenvalue weighted by atomic mass is 9.60. The van der Waals surface area contributed by atoms with Crippen molar-refractivity contribution in [3.8, 4) is 6.07 Å². The molecule has 0 spiro atoms. The van der Waals surface area contributed by atoms with Crippen molar-refractivity contribution in [3.63, 3.8) is 0 Å². The molecule has 2 bridgehead atoms. The first-order valence-corrected chi connectivity index (χ1v) is 6.58. The lowest BCUT2D eigenvalue weighted by Crippen LogP contribution is -2.69. The summed E-state index contributed by atoms with van der Waals surface area (Å²) < 4.78 is 0. The molecule has 1 aromatic carbocycles. The molecule has 19 heavy (non-hydrogen) atoms. The second-order valence-electron chi connectivity index (χ2n) is 5.99. The third kappa shape index (κ3) is 1.50. The second kappa shape index (κ2) is 3.80. The van der Waals surface area contributed by atoms with Crippen LogP contribution in [-0.2, 0) is 11.8 Å². The van der Waals surface area contributed by atoms with Crippen molar-refractivity contribution in [2.24, 2.45) is 0 Å². The van der Waals surface area contributed by atoms with Gasteiger partial charge in [0.2, 0.25) is 0 Å². The number of nitrogens with zero attached hydrogens (tertiary/aromatic N) is 2. The van der Waals surface area contributed by atoms with Crippen LogP contribution in [-0.4, -0.2) is 40.5 Å². The van der Waals surface area contributed by atoms with Crippen LogP contribution in [0.2, 0.25) is 0 Å².